The lowest BCUT2D eigenvalue weighted by Crippen LogP contribution is -2.55. The molecule has 3 saturated carbocycles. The van der Waals surface area contributed by atoms with Gasteiger partial charge in [-0.15, -0.1) is 0 Å². The lowest BCUT2D eigenvalue weighted by Gasteiger charge is -2.63. The zero-order valence-corrected chi connectivity index (χ0v) is 8.28. The van der Waals surface area contributed by atoms with Gasteiger partial charge in [-0.3, -0.25) is 0 Å². The van der Waals surface area contributed by atoms with Gasteiger partial charge >= 0.3 is 0 Å². The topological polar surface area (TPSA) is 0 Å². The first kappa shape index (κ1) is 7.64. The fourth-order valence-corrected chi connectivity index (χ4v) is 3.55. The predicted molar refractivity (Wildman–Crippen MR) is 48.4 cm³/mol. The Morgan fingerprint density at radius 1 is 1.09 bits per heavy atom. The van der Waals surface area contributed by atoms with Crippen molar-refractivity contribution in [3.8, 4) is 0 Å². The summed E-state index contributed by atoms with van der Waals surface area (Å²) in [6.07, 6.45) is 4.46. The molecule has 0 heteroatoms. The molecule has 11 heavy (non-hydrogen) atoms. The summed E-state index contributed by atoms with van der Waals surface area (Å²) in [5.41, 5.74) is 1.31. The van der Waals surface area contributed by atoms with Gasteiger partial charge in [-0.25, -0.2) is 0 Å². The molecule has 0 saturated heterocycles. The maximum Gasteiger partial charge on any atom is -0.0292 e. The molecular formula is C11H20. The summed E-state index contributed by atoms with van der Waals surface area (Å²) >= 11 is 0. The summed E-state index contributed by atoms with van der Waals surface area (Å²) in [5, 5.41) is 0. The van der Waals surface area contributed by atoms with Crippen molar-refractivity contribution in [3.05, 3.63) is 0 Å². The van der Waals surface area contributed by atoms with Crippen LogP contribution in [0.15, 0.2) is 0 Å². The summed E-state index contributed by atoms with van der Waals surface area (Å²) in [7, 11) is 0. The van der Waals surface area contributed by atoms with E-state index in [0.29, 0.717) is 10.8 Å². The molecule has 0 radical (unpaired) electrons. The Kier molecular flexibility index (Phi) is 1.28. The average Bonchev–Trinajstić information content (AvgIpc) is 1.84. The van der Waals surface area contributed by atoms with E-state index in [2.05, 4.69) is 27.7 Å². The van der Waals surface area contributed by atoms with E-state index in [0.717, 1.165) is 11.8 Å². The summed E-state index contributed by atoms with van der Waals surface area (Å²) in [6, 6.07) is 0. The van der Waals surface area contributed by atoms with Crippen LogP contribution in [-0.4, -0.2) is 0 Å². The van der Waals surface area contributed by atoms with Gasteiger partial charge in [0.05, 0.1) is 0 Å². The van der Waals surface area contributed by atoms with E-state index in [1.54, 1.807) is 0 Å². The molecule has 0 aliphatic heterocycles. The Hall–Kier alpha value is 0. The minimum atomic E-state index is 0.637. The van der Waals surface area contributed by atoms with Gasteiger partial charge in [-0.05, 0) is 41.9 Å². The Morgan fingerprint density at radius 3 is 2.00 bits per heavy atom. The van der Waals surface area contributed by atoms with Gasteiger partial charge in [-0.1, -0.05) is 27.7 Å². The molecule has 2 atom stereocenters. The van der Waals surface area contributed by atoms with Crippen molar-refractivity contribution in [1.82, 2.24) is 0 Å². The number of hydrogen-bond acceptors (Lipinski definition) is 0. The van der Waals surface area contributed by atoms with Crippen LogP contribution in [0.3, 0.4) is 0 Å². The number of fused-ring (bicyclic) bond motifs is 2. The second kappa shape index (κ2) is 1.84. The largest absolute Gasteiger partial charge is 0.0596 e. The third-order valence-corrected chi connectivity index (χ3v) is 4.55. The zero-order valence-electron chi connectivity index (χ0n) is 8.28. The van der Waals surface area contributed by atoms with Crippen molar-refractivity contribution in [3.63, 3.8) is 0 Å². The first-order valence-corrected chi connectivity index (χ1v) is 4.94. The molecule has 3 fully saturated rings. The fourth-order valence-electron chi connectivity index (χ4n) is 3.55. The number of hydrogen-bond donors (Lipinski definition) is 0. The van der Waals surface area contributed by atoms with Crippen LogP contribution in [0.5, 0.6) is 0 Å². The first-order valence-electron chi connectivity index (χ1n) is 4.94. The maximum atomic E-state index is 2.47. The van der Waals surface area contributed by atoms with Crippen molar-refractivity contribution < 1.29 is 0 Å². The average molecular weight is 152 g/mol. The molecule has 0 aromatic rings. The molecule has 2 unspecified atom stereocenters. The van der Waals surface area contributed by atoms with E-state index in [1.807, 2.05) is 0 Å². The minimum absolute atomic E-state index is 0.637. The Bertz CT molecular complexity index is 166. The lowest BCUT2D eigenvalue weighted by molar-refractivity contribution is -0.142. The van der Waals surface area contributed by atoms with Gasteiger partial charge < -0.3 is 0 Å². The molecule has 0 amide bonds. The maximum absolute atomic E-state index is 2.47. The monoisotopic (exact) mass is 152 g/mol. The molecule has 0 heterocycles. The first-order chi connectivity index (χ1) is 4.94. The smallest absolute Gasteiger partial charge is 0.0292 e. The van der Waals surface area contributed by atoms with Crippen LogP contribution in [-0.2, 0) is 0 Å². The lowest BCUT2D eigenvalue weighted by atomic mass is 9.41. The van der Waals surface area contributed by atoms with Gasteiger partial charge in [0.25, 0.3) is 0 Å². The van der Waals surface area contributed by atoms with Crippen molar-refractivity contribution in [2.45, 2.75) is 47.0 Å². The van der Waals surface area contributed by atoms with E-state index in [4.69, 9.17) is 0 Å². The van der Waals surface area contributed by atoms with Gasteiger partial charge in [0.15, 0.2) is 0 Å². The molecule has 0 spiro atoms. The number of rotatable bonds is 0. The van der Waals surface area contributed by atoms with Gasteiger partial charge in [0.2, 0.25) is 0 Å². The molecule has 3 aliphatic carbocycles. The second-order valence-corrected chi connectivity index (χ2v) is 5.83. The third kappa shape index (κ3) is 0.816. The Morgan fingerprint density at radius 2 is 1.73 bits per heavy atom. The van der Waals surface area contributed by atoms with Crippen LogP contribution in [0.1, 0.15) is 47.0 Å². The van der Waals surface area contributed by atoms with Crippen molar-refractivity contribution in [2.75, 3.05) is 0 Å². The van der Waals surface area contributed by atoms with Crippen molar-refractivity contribution >= 4 is 0 Å². The van der Waals surface area contributed by atoms with Crippen molar-refractivity contribution in [2.24, 2.45) is 22.7 Å². The molecule has 3 aliphatic rings. The Labute approximate surface area is 70.4 Å². The summed E-state index contributed by atoms with van der Waals surface area (Å²) in [6.45, 7) is 9.84. The molecule has 0 N–H and O–H groups in total. The van der Waals surface area contributed by atoms with Gasteiger partial charge in [0.1, 0.15) is 0 Å². The molecule has 0 aromatic carbocycles. The van der Waals surface area contributed by atoms with E-state index in [1.165, 1.54) is 19.3 Å². The zero-order chi connectivity index (χ0) is 8.28. The SMILES string of the molecule is CC1(C)CCC2CC1C2(C)C. The quantitative estimate of drug-likeness (QED) is 0.498. The Balaban J connectivity index is 2.23. The van der Waals surface area contributed by atoms with E-state index >= 15 is 0 Å². The van der Waals surface area contributed by atoms with E-state index in [9.17, 15) is 0 Å². The second-order valence-electron chi connectivity index (χ2n) is 5.83. The molecular weight excluding hydrogens is 132 g/mol. The highest BCUT2D eigenvalue weighted by Gasteiger charge is 2.57. The predicted octanol–water partition coefficient (Wildman–Crippen LogP) is 3.47. The molecule has 3 rings (SSSR count). The molecule has 0 aromatic heterocycles. The molecule has 0 nitrogen and oxygen atoms in total. The van der Waals surface area contributed by atoms with Crippen LogP contribution in [0.4, 0.5) is 0 Å². The normalized spacial score (nSPS) is 44.7. The molecule has 64 valence electrons. The van der Waals surface area contributed by atoms with Crippen LogP contribution in [0.2, 0.25) is 0 Å². The van der Waals surface area contributed by atoms with Crippen LogP contribution >= 0.6 is 0 Å². The van der Waals surface area contributed by atoms with E-state index in [-0.39, 0.29) is 0 Å². The highest BCUT2D eigenvalue weighted by Crippen LogP contribution is 2.65. The molecule has 2 bridgehead atoms. The van der Waals surface area contributed by atoms with Crippen LogP contribution in [0, 0.1) is 22.7 Å². The van der Waals surface area contributed by atoms with Gasteiger partial charge in [0, 0.05) is 0 Å². The van der Waals surface area contributed by atoms with Crippen LogP contribution in [0.25, 0.3) is 0 Å². The third-order valence-electron chi connectivity index (χ3n) is 4.55. The standard InChI is InChI=1S/C11H20/c1-10(2)6-5-8-7-9(10)11(8,3)4/h8-9H,5-7H2,1-4H3. The van der Waals surface area contributed by atoms with Gasteiger partial charge in [-0.2, -0.15) is 0 Å². The minimum Gasteiger partial charge on any atom is -0.0596 e. The summed E-state index contributed by atoms with van der Waals surface area (Å²) < 4.78 is 0. The van der Waals surface area contributed by atoms with E-state index < -0.39 is 0 Å². The summed E-state index contributed by atoms with van der Waals surface area (Å²) in [5.74, 6) is 2.06. The summed E-state index contributed by atoms with van der Waals surface area (Å²) in [4.78, 5) is 0. The highest BCUT2D eigenvalue weighted by molar-refractivity contribution is 5.06. The highest BCUT2D eigenvalue weighted by atomic mass is 14.6. The van der Waals surface area contributed by atoms with Crippen LogP contribution < -0.4 is 0 Å². The van der Waals surface area contributed by atoms with Crippen molar-refractivity contribution in [1.29, 1.82) is 0 Å². The fraction of sp³-hybridized carbons (Fsp3) is 1.00.